The highest BCUT2D eigenvalue weighted by Gasteiger charge is 2.10. The van der Waals surface area contributed by atoms with Gasteiger partial charge in [0.25, 0.3) is 11.6 Å². The number of nitrogens with one attached hydrogen (secondary N) is 1. The number of hydrogen-bond donors (Lipinski definition) is 1. The maximum absolute atomic E-state index is 12.7. The van der Waals surface area contributed by atoms with Gasteiger partial charge in [0, 0.05) is 17.8 Å². The number of nitro benzene ring substituents is 1. The van der Waals surface area contributed by atoms with Crippen LogP contribution in [0, 0.1) is 28.4 Å². The van der Waals surface area contributed by atoms with Crippen molar-refractivity contribution in [2.75, 3.05) is 5.32 Å². The minimum atomic E-state index is -0.531. The van der Waals surface area contributed by atoms with E-state index in [9.17, 15) is 20.2 Å². The SMILES string of the molecule is Cc1ccc(COc2ccc(NC(=O)/C(C#N)=C/c3ccc(OCc4cccc([N+](=O)[O-])c4)cc3)cc2)cc1. The summed E-state index contributed by atoms with van der Waals surface area (Å²) in [5.41, 5.74) is 4.04. The molecule has 0 unspecified atom stereocenters. The van der Waals surface area contributed by atoms with Crippen LogP contribution in [0.15, 0.2) is 103 Å². The molecule has 0 aliphatic rings. The Balaban J connectivity index is 1.31. The summed E-state index contributed by atoms with van der Waals surface area (Å²) in [5.74, 6) is 0.681. The van der Waals surface area contributed by atoms with E-state index >= 15 is 0 Å². The highest BCUT2D eigenvalue weighted by Crippen LogP contribution is 2.20. The van der Waals surface area contributed by atoms with Crippen molar-refractivity contribution in [3.63, 3.8) is 0 Å². The molecule has 4 aromatic rings. The highest BCUT2D eigenvalue weighted by molar-refractivity contribution is 6.09. The fraction of sp³-hybridized carbons (Fsp3) is 0.0968. The molecule has 8 heteroatoms. The quantitative estimate of drug-likeness (QED) is 0.109. The van der Waals surface area contributed by atoms with Crippen LogP contribution in [0.2, 0.25) is 0 Å². The van der Waals surface area contributed by atoms with Gasteiger partial charge in [0.1, 0.15) is 36.4 Å². The first kappa shape index (κ1) is 26.6. The first-order valence-electron chi connectivity index (χ1n) is 12.1. The van der Waals surface area contributed by atoms with Gasteiger partial charge in [-0.2, -0.15) is 5.26 Å². The molecule has 0 saturated heterocycles. The van der Waals surface area contributed by atoms with Crippen molar-refractivity contribution in [1.29, 1.82) is 5.26 Å². The van der Waals surface area contributed by atoms with E-state index in [1.54, 1.807) is 60.7 Å². The van der Waals surface area contributed by atoms with Crippen LogP contribution in [0.3, 0.4) is 0 Å². The van der Waals surface area contributed by atoms with Gasteiger partial charge in [0.2, 0.25) is 0 Å². The summed E-state index contributed by atoms with van der Waals surface area (Å²) >= 11 is 0. The Kier molecular flexibility index (Phi) is 8.67. The van der Waals surface area contributed by atoms with E-state index in [4.69, 9.17) is 9.47 Å². The lowest BCUT2D eigenvalue weighted by molar-refractivity contribution is -0.384. The van der Waals surface area contributed by atoms with Crippen molar-refractivity contribution < 1.29 is 19.2 Å². The topological polar surface area (TPSA) is 114 Å². The zero-order valence-electron chi connectivity index (χ0n) is 21.2. The van der Waals surface area contributed by atoms with Crippen molar-refractivity contribution in [1.82, 2.24) is 0 Å². The van der Waals surface area contributed by atoms with Crippen LogP contribution in [-0.2, 0) is 18.0 Å². The number of nitrogens with zero attached hydrogens (tertiary/aromatic N) is 2. The number of ether oxygens (including phenoxy) is 2. The van der Waals surface area contributed by atoms with Gasteiger partial charge in [-0.15, -0.1) is 0 Å². The summed E-state index contributed by atoms with van der Waals surface area (Å²) in [7, 11) is 0. The smallest absolute Gasteiger partial charge is 0.269 e. The molecule has 1 amide bonds. The molecular formula is C31H25N3O5. The molecule has 194 valence electrons. The van der Waals surface area contributed by atoms with Crippen LogP contribution in [0.4, 0.5) is 11.4 Å². The number of hydrogen-bond acceptors (Lipinski definition) is 6. The zero-order chi connectivity index (χ0) is 27.6. The number of carbonyl (C=O) groups excluding carboxylic acids is 1. The second-order valence-electron chi connectivity index (χ2n) is 8.71. The number of rotatable bonds is 10. The third-order valence-corrected chi connectivity index (χ3v) is 5.72. The summed E-state index contributed by atoms with van der Waals surface area (Å²) in [6.07, 6.45) is 1.48. The standard InChI is InChI=1S/C31H25N3O5/c1-22-5-7-24(8-6-22)20-38-30-15-11-27(12-16-30)33-31(35)26(19-32)17-23-9-13-29(14-10-23)39-21-25-3-2-4-28(18-25)34(36)37/h2-18H,20-21H2,1H3,(H,33,35)/b26-17+. The number of amides is 1. The average molecular weight is 520 g/mol. The van der Waals surface area contributed by atoms with E-state index in [1.807, 2.05) is 37.3 Å². The maximum atomic E-state index is 12.7. The monoisotopic (exact) mass is 519 g/mol. The highest BCUT2D eigenvalue weighted by atomic mass is 16.6. The van der Waals surface area contributed by atoms with Crippen LogP contribution < -0.4 is 14.8 Å². The number of nitro groups is 1. The molecule has 39 heavy (non-hydrogen) atoms. The van der Waals surface area contributed by atoms with E-state index in [1.165, 1.54) is 23.8 Å². The first-order valence-corrected chi connectivity index (χ1v) is 12.1. The second-order valence-corrected chi connectivity index (χ2v) is 8.71. The maximum Gasteiger partial charge on any atom is 0.269 e. The summed E-state index contributed by atoms with van der Waals surface area (Å²) in [5, 5.41) is 23.2. The molecule has 4 rings (SSSR count). The average Bonchev–Trinajstić information content (AvgIpc) is 2.96. The van der Waals surface area contributed by atoms with Crippen LogP contribution in [0.25, 0.3) is 6.08 Å². The molecule has 0 aliphatic heterocycles. The van der Waals surface area contributed by atoms with Gasteiger partial charge >= 0.3 is 0 Å². The molecule has 0 saturated carbocycles. The lowest BCUT2D eigenvalue weighted by atomic mass is 10.1. The molecule has 0 spiro atoms. The van der Waals surface area contributed by atoms with Crippen LogP contribution in [0.5, 0.6) is 11.5 Å². The summed E-state index contributed by atoms with van der Waals surface area (Å²) in [4.78, 5) is 23.1. The Bertz CT molecular complexity index is 1520. The van der Waals surface area contributed by atoms with E-state index in [0.717, 1.165) is 5.56 Å². The largest absolute Gasteiger partial charge is 0.489 e. The van der Waals surface area contributed by atoms with Crippen LogP contribution in [0.1, 0.15) is 22.3 Å². The molecule has 0 radical (unpaired) electrons. The van der Waals surface area contributed by atoms with E-state index in [0.29, 0.717) is 34.9 Å². The lowest BCUT2D eigenvalue weighted by Crippen LogP contribution is -2.13. The third-order valence-electron chi connectivity index (χ3n) is 5.72. The van der Waals surface area contributed by atoms with Crippen LogP contribution in [-0.4, -0.2) is 10.8 Å². The molecule has 0 atom stereocenters. The van der Waals surface area contributed by atoms with Crippen molar-refractivity contribution in [2.24, 2.45) is 0 Å². The molecule has 0 fully saturated rings. The number of nitriles is 1. The number of anilines is 1. The van der Waals surface area contributed by atoms with Gasteiger partial charge in [0.05, 0.1) is 4.92 Å². The molecule has 1 N–H and O–H groups in total. The molecule has 0 aliphatic carbocycles. The van der Waals surface area contributed by atoms with Gasteiger partial charge in [0.15, 0.2) is 0 Å². The Labute approximate surface area is 225 Å². The number of benzene rings is 4. The predicted octanol–water partition coefficient (Wildman–Crippen LogP) is 6.61. The fourth-order valence-corrected chi connectivity index (χ4v) is 3.59. The summed E-state index contributed by atoms with van der Waals surface area (Å²) in [6.45, 7) is 2.63. The van der Waals surface area contributed by atoms with Crippen molar-refractivity contribution >= 4 is 23.4 Å². The minimum Gasteiger partial charge on any atom is -0.489 e. The lowest BCUT2D eigenvalue weighted by Gasteiger charge is -2.09. The Morgan fingerprint density at radius 3 is 2.13 bits per heavy atom. The molecular weight excluding hydrogens is 494 g/mol. The number of aryl methyl sites for hydroxylation is 1. The fourth-order valence-electron chi connectivity index (χ4n) is 3.59. The second kappa shape index (κ2) is 12.7. The third kappa shape index (κ3) is 7.78. The van der Waals surface area contributed by atoms with E-state index < -0.39 is 10.8 Å². The Morgan fingerprint density at radius 1 is 0.897 bits per heavy atom. The van der Waals surface area contributed by atoms with Crippen LogP contribution >= 0.6 is 0 Å². The van der Waals surface area contributed by atoms with Crippen molar-refractivity contribution in [3.05, 3.63) is 135 Å². The van der Waals surface area contributed by atoms with Gasteiger partial charge in [-0.1, -0.05) is 54.1 Å². The molecule has 0 aromatic heterocycles. The first-order chi connectivity index (χ1) is 18.9. The van der Waals surface area contributed by atoms with Gasteiger partial charge < -0.3 is 14.8 Å². The normalized spacial score (nSPS) is 10.8. The van der Waals surface area contributed by atoms with E-state index in [2.05, 4.69) is 5.32 Å². The van der Waals surface area contributed by atoms with Gasteiger partial charge in [-0.3, -0.25) is 14.9 Å². The summed E-state index contributed by atoms with van der Waals surface area (Å²) in [6, 6.07) is 30.0. The molecule has 8 nitrogen and oxygen atoms in total. The molecule has 4 aromatic carbocycles. The zero-order valence-corrected chi connectivity index (χ0v) is 21.2. The summed E-state index contributed by atoms with van der Waals surface area (Å²) < 4.78 is 11.5. The minimum absolute atomic E-state index is 0.00119. The van der Waals surface area contributed by atoms with Crippen molar-refractivity contribution in [2.45, 2.75) is 20.1 Å². The van der Waals surface area contributed by atoms with Gasteiger partial charge in [-0.25, -0.2) is 0 Å². The number of carbonyl (C=O) groups is 1. The van der Waals surface area contributed by atoms with Gasteiger partial charge in [-0.05, 0) is 66.1 Å². The predicted molar refractivity (Wildman–Crippen MR) is 148 cm³/mol. The Morgan fingerprint density at radius 2 is 1.51 bits per heavy atom. The number of non-ortho nitro benzene ring substituents is 1. The van der Waals surface area contributed by atoms with Crippen molar-refractivity contribution in [3.8, 4) is 17.6 Å². The van der Waals surface area contributed by atoms with E-state index in [-0.39, 0.29) is 17.9 Å². The molecule has 0 heterocycles. The Hall–Kier alpha value is -5.42. The molecule has 0 bridgehead atoms.